The second kappa shape index (κ2) is 9.08. The van der Waals surface area contributed by atoms with E-state index in [4.69, 9.17) is 11.6 Å². The Morgan fingerprint density at radius 2 is 1.67 bits per heavy atom. The lowest BCUT2D eigenvalue weighted by Gasteiger charge is -2.24. The lowest BCUT2D eigenvalue weighted by Crippen LogP contribution is -2.35. The molecular formula is C27H23ClF2N2O. The summed E-state index contributed by atoms with van der Waals surface area (Å²) in [6.45, 7) is 0.695. The normalized spacial score (nSPS) is 15.5. The van der Waals surface area contributed by atoms with Crippen molar-refractivity contribution in [2.75, 3.05) is 0 Å². The van der Waals surface area contributed by atoms with Crippen LogP contribution in [0.3, 0.4) is 0 Å². The summed E-state index contributed by atoms with van der Waals surface area (Å²) in [5.41, 5.74) is 5.75. The predicted octanol–water partition coefficient (Wildman–Crippen LogP) is 6.83. The number of halogens is 3. The van der Waals surface area contributed by atoms with Crippen LogP contribution in [0, 0.1) is 11.6 Å². The van der Waals surface area contributed by atoms with Gasteiger partial charge in [0.05, 0.1) is 10.5 Å². The molecule has 0 aliphatic carbocycles. The van der Waals surface area contributed by atoms with E-state index in [-0.39, 0.29) is 23.5 Å². The number of nitrogens with one attached hydrogen (secondary N) is 2. The molecule has 2 N–H and O–H groups in total. The number of hydrogen-bond donors (Lipinski definition) is 2. The summed E-state index contributed by atoms with van der Waals surface area (Å²) in [6.07, 6.45) is 2.86. The van der Waals surface area contributed by atoms with Crippen LogP contribution >= 0.6 is 11.6 Å². The largest absolute Gasteiger partial charge is 0.357 e. The molecular weight excluding hydrogens is 442 g/mol. The third-order valence-electron chi connectivity index (χ3n) is 6.39. The smallest absolute Gasteiger partial charge is 0.162 e. The second-order valence-corrected chi connectivity index (χ2v) is 8.95. The zero-order chi connectivity index (χ0) is 22.9. The number of ketones is 1. The maximum Gasteiger partial charge on any atom is 0.162 e. The van der Waals surface area contributed by atoms with Gasteiger partial charge in [0, 0.05) is 42.1 Å². The average molecular weight is 465 g/mol. The van der Waals surface area contributed by atoms with Crippen molar-refractivity contribution in [3.05, 3.63) is 94.1 Å². The van der Waals surface area contributed by atoms with Gasteiger partial charge in [-0.15, -0.1) is 0 Å². The number of rotatable bonds is 6. The fourth-order valence-corrected chi connectivity index (χ4v) is 4.89. The number of aromatic nitrogens is 1. The molecule has 0 amide bonds. The van der Waals surface area contributed by atoms with Gasteiger partial charge in [-0.3, -0.25) is 4.79 Å². The van der Waals surface area contributed by atoms with Gasteiger partial charge in [0.1, 0.15) is 11.6 Å². The van der Waals surface area contributed by atoms with Crippen molar-refractivity contribution in [2.24, 2.45) is 0 Å². The molecule has 168 valence electrons. The third kappa shape index (κ3) is 4.43. The molecule has 2 heterocycles. The molecule has 0 saturated carbocycles. The van der Waals surface area contributed by atoms with E-state index in [9.17, 15) is 13.6 Å². The molecule has 1 aliphatic heterocycles. The Hall–Kier alpha value is -3.02. The molecule has 0 radical (unpaired) electrons. The first-order valence-electron chi connectivity index (χ1n) is 11.1. The second-order valence-electron chi connectivity index (χ2n) is 8.54. The van der Waals surface area contributed by atoms with Gasteiger partial charge in [0.15, 0.2) is 5.78 Å². The van der Waals surface area contributed by atoms with Crippen molar-refractivity contribution < 1.29 is 13.6 Å². The Bertz CT molecular complexity index is 1310. The van der Waals surface area contributed by atoms with Gasteiger partial charge in [-0.25, -0.2) is 8.78 Å². The van der Waals surface area contributed by atoms with Gasteiger partial charge < -0.3 is 10.3 Å². The molecule has 4 aromatic rings. The maximum atomic E-state index is 13.4. The monoisotopic (exact) mass is 464 g/mol. The predicted molar refractivity (Wildman–Crippen MR) is 128 cm³/mol. The van der Waals surface area contributed by atoms with E-state index in [0.717, 1.165) is 47.0 Å². The van der Waals surface area contributed by atoms with Crippen LogP contribution in [0.5, 0.6) is 0 Å². The van der Waals surface area contributed by atoms with Gasteiger partial charge in [0.2, 0.25) is 0 Å². The quantitative estimate of drug-likeness (QED) is 0.307. The van der Waals surface area contributed by atoms with Crippen molar-refractivity contribution in [2.45, 2.75) is 38.3 Å². The van der Waals surface area contributed by atoms with Gasteiger partial charge in [-0.1, -0.05) is 29.8 Å². The Morgan fingerprint density at radius 1 is 0.970 bits per heavy atom. The molecule has 3 nitrogen and oxygen atoms in total. The zero-order valence-corrected chi connectivity index (χ0v) is 18.7. The summed E-state index contributed by atoms with van der Waals surface area (Å²) in [7, 11) is 0. The van der Waals surface area contributed by atoms with Crippen LogP contribution in [0.15, 0.2) is 60.7 Å². The first-order valence-corrected chi connectivity index (χ1v) is 11.5. The molecule has 33 heavy (non-hydrogen) atoms. The number of benzene rings is 3. The van der Waals surface area contributed by atoms with Gasteiger partial charge >= 0.3 is 0 Å². The number of carbonyl (C=O) groups excluding carboxylic acids is 1. The molecule has 6 heteroatoms. The van der Waals surface area contributed by atoms with E-state index in [0.29, 0.717) is 23.6 Å². The Kier molecular flexibility index (Phi) is 6.00. The molecule has 5 rings (SSSR count). The van der Waals surface area contributed by atoms with E-state index in [1.54, 1.807) is 12.1 Å². The van der Waals surface area contributed by atoms with Crippen LogP contribution in [0.1, 0.15) is 40.9 Å². The summed E-state index contributed by atoms with van der Waals surface area (Å²) in [6, 6.07) is 16.3. The first-order chi connectivity index (χ1) is 16.0. The molecule has 1 atom stereocenters. The minimum Gasteiger partial charge on any atom is -0.357 e. The topological polar surface area (TPSA) is 44.9 Å². The number of fused-ring (bicyclic) bond motifs is 3. The van der Waals surface area contributed by atoms with Gasteiger partial charge in [-0.2, -0.15) is 0 Å². The minimum atomic E-state index is -0.338. The van der Waals surface area contributed by atoms with Crippen LogP contribution in [0.25, 0.3) is 22.0 Å². The molecule has 3 aromatic carbocycles. The summed E-state index contributed by atoms with van der Waals surface area (Å²) in [4.78, 5) is 15.9. The van der Waals surface area contributed by atoms with Crippen LogP contribution in [-0.4, -0.2) is 16.8 Å². The SMILES string of the molecule is O=C(CCCC1Cc2[nH]c3c(Cl)ccc(-c4ccc(F)cc4)c3c2CN1)c1ccc(F)cc1. The third-order valence-corrected chi connectivity index (χ3v) is 6.71. The molecule has 0 saturated heterocycles. The van der Waals surface area contributed by atoms with Crippen molar-refractivity contribution in [1.29, 1.82) is 0 Å². The van der Waals surface area contributed by atoms with Crippen molar-refractivity contribution in [3.8, 4) is 11.1 Å². The standard InChI is InChI=1S/C27H23ClF2N2O/c28-23-13-12-21(16-4-8-18(29)9-5-16)26-22-15-31-20(14-24(22)32-27(23)26)2-1-3-25(33)17-6-10-19(30)11-7-17/h4-13,20,31-32H,1-3,14-15H2. The first kappa shape index (κ1) is 21.8. The molecule has 1 aliphatic rings. The highest BCUT2D eigenvalue weighted by Crippen LogP contribution is 2.38. The Labute approximate surface area is 195 Å². The van der Waals surface area contributed by atoms with Crippen LogP contribution < -0.4 is 5.32 Å². The van der Waals surface area contributed by atoms with Crippen molar-refractivity contribution in [3.63, 3.8) is 0 Å². The minimum absolute atomic E-state index is 0.0350. The van der Waals surface area contributed by atoms with Crippen LogP contribution in [-0.2, 0) is 13.0 Å². The lowest BCUT2D eigenvalue weighted by atomic mass is 9.93. The average Bonchev–Trinajstić information content (AvgIpc) is 3.20. The summed E-state index contributed by atoms with van der Waals surface area (Å²) < 4.78 is 26.5. The summed E-state index contributed by atoms with van der Waals surface area (Å²) in [5.74, 6) is -0.565. The van der Waals surface area contributed by atoms with Gasteiger partial charge in [0.25, 0.3) is 0 Å². The van der Waals surface area contributed by atoms with Gasteiger partial charge in [-0.05, 0) is 72.0 Å². The fourth-order valence-electron chi connectivity index (χ4n) is 4.69. The Morgan fingerprint density at radius 3 is 2.39 bits per heavy atom. The Balaban J connectivity index is 1.32. The molecule has 0 fully saturated rings. The molecule has 1 unspecified atom stereocenters. The maximum absolute atomic E-state index is 13.4. The fraction of sp³-hybridized carbons (Fsp3) is 0.222. The number of Topliss-reactive ketones (excluding diaryl/α,β-unsaturated/α-hetero) is 1. The number of hydrogen-bond acceptors (Lipinski definition) is 2. The highest BCUT2D eigenvalue weighted by atomic mass is 35.5. The number of H-pyrrole nitrogens is 1. The number of aromatic amines is 1. The van der Waals surface area contributed by atoms with Crippen molar-refractivity contribution >= 4 is 28.3 Å². The summed E-state index contributed by atoms with van der Waals surface area (Å²) >= 11 is 6.51. The van der Waals surface area contributed by atoms with E-state index in [1.165, 1.54) is 42.0 Å². The molecule has 0 bridgehead atoms. The van der Waals surface area contributed by atoms with E-state index in [2.05, 4.69) is 10.3 Å². The molecule has 1 aromatic heterocycles. The lowest BCUT2D eigenvalue weighted by molar-refractivity contribution is 0.0978. The van der Waals surface area contributed by atoms with E-state index >= 15 is 0 Å². The van der Waals surface area contributed by atoms with Crippen LogP contribution in [0.2, 0.25) is 5.02 Å². The van der Waals surface area contributed by atoms with Crippen LogP contribution in [0.4, 0.5) is 8.78 Å². The highest BCUT2D eigenvalue weighted by molar-refractivity contribution is 6.35. The summed E-state index contributed by atoms with van der Waals surface area (Å²) in [5, 5.41) is 5.33. The number of carbonyl (C=O) groups is 1. The zero-order valence-electron chi connectivity index (χ0n) is 17.9. The van der Waals surface area contributed by atoms with E-state index < -0.39 is 0 Å². The van der Waals surface area contributed by atoms with E-state index in [1.807, 2.05) is 12.1 Å². The highest BCUT2D eigenvalue weighted by Gasteiger charge is 2.24. The van der Waals surface area contributed by atoms with Crippen molar-refractivity contribution in [1.82, 2.24) is 10.3 Å². The molecule has 0 spiro atoms.